The molecule has 0 radical (unpaired) electrons. The number of phenolic OH excluding ortho intramolecular Hbond substituents is 1. The number of aromatic nitrogens is 4. The number of nitrogens with two attached hydrogens (primary N) is 1. The number of para-hydroxylation sites is 1. The van der Waals surface area contributed by atoms with Crippen molar-refractivity contribution in [2.75, 3.05) is 23.7 Å². The number of nitrogens with zero attached hydrogens (tertiary/aromatic N) is 5. The lowest BCUT2D eigenvalue weighted by Crippen LogP contribution is -2.45. The summed E-state index contributed by atoms with van der Waals surface area (Å²) in [5.74, 6) is 4.31. The van der Waals surface area contributed by atoms with Crippen molar-refractivity contribution in [1.82, 2.24) is 20.2 Å². The first-order valence-electron chi connectivity index (χ1n) is 13.0. The molecular weight excluding hydrogens is 452 g/mol. The number of Topliss-reactive ketones (excluding diaryl/α,β-unsaturated/α-hetero) is 1. The van der Waals surface area contributed by atoms with E-state index < -0.39 is 0 Å². The normalized spacial score (nSPS) is 28.9. The van der Waals surface area contributed by atoms with E-state index in [4.69, 9.17) is 15.7 Å². The number of anilines is 2. The predicted octanol–water partition coefficient (Wildman–Crippen LogP) is 3.76. The molecule has 3 heterocycles. The Kier molecular flexibility index (Phi) is 4.81. The number of carbonyl (C=O) groups excluding carboxylic acids is 1. The van der Waals surface area contributed by atoms with Crippen LogP contribution in [0.2, 0.25) is 0 Å². The predicted molar refractivity (Wildman–Crippen MR) is 135 cm³/mol. The molecule has 3 aromatic rings. The van der Waals surface area contributed by atoms with E-state index in [0.717, 1.165) is 49.8 Å². The van der Waals surface area contributed by atoms with Crippen molar-refractivity contribution in [3.63, 3.8) is 0 Å². The van der Waals surface area contributed by atoms with Gasteiger partial charge in [0, 0.05) is 50.3 Å². The van der Waals surface area contributed by atoms with E-state index in [1.807, 2.05) is 30.6 Å². The monoisotopic (exact) mass is 482 g/mol. The van der Waals surface area contributed by atoms with Crippen LogP contribution in [-0.4, -0.2) is 44.1 Å². The average Bonchev–Trinajstić information content (AvgIpc) is 3.49. The van der Waals surface area contributed by atoms with Crippen molar-refractivity contribution >= 4 is 17.3 Å². The number of rotatable bonds is 5. The Morgan fingerprint density at radius 1 is 1.06 bits per heavy atom. The smallest absolute Gasteiger partial charge is 0.169 e. The first-order valence-corrected chi connectivity index (χ1v) is 13.0. The quantitative estimate of drug-likeness (QED) is 0.564. The number of piperidine rings is 1. The van der Waals surface area contributed by atoms with Gasteiger partial charge in [0.05, 0.1) is 11.4 Å². The molecule has 4 atom stereocenters. The minimum absolute atomic E-state index is 0.188. The highest BCUT2D eigenvalue weighted by atomic mass is 16.3. The van der Waals surface area contributed by atoms with Crippen LogP contribution in [0.3, 0.4) is 0 Å². The van der Waals surface area contributed by atoms with Crippen molar-refractivity contribution in [3.05, 3.63) is 54.1 Å². The van der Waals surface area contributed by atoms with Crippen LogP contribution in [0.4, 0.5) is 11.5 Å². The minimum Gasteiger partial charge on any atom is -0.507 e. The van der Waals surface area contributed by atoms with Crippen LogP contribution in [0.1, 0.15) is 49.4 Å². The molecule has 0 bridgehead atoms. The number of hydrogen-bond donors (Lipinski definition) is 2. The van der Waals surface area contributed by atoms with Gasteiger partial charge in [0.2, 0.25) is 0 Å². The molecule has 36 heavy (non-hydrogen) atoms. The number of aromatic hydroxyl groups is 1. The third-order valence-electron chi connectivity index (χ3n) is 9.44. The fourth-order valence-electron chi connectivity index (χ4n) is 7.39. The van der Waals surface area contributed by atoms with Crippen LogP contribution in [-0.2, 0) is 11.2 Å². The molecule has 184 valence electrons. The third-order valence-corrected chi connectivity index (χ3v) is 9.44. The zero-order valence-corrected chi connectivity index (χ0v) is 20.2. The largest absolute Gasteiger partial charge is 0.507 e. The summed E-state index contributed by atoms with van der Waals surface area (Å²) >= 11 is 0. The van der Waals surface area contributed by atoms with Gasteiger partial charge in [-0.1, -0.05) is 12.1 Å². The second-order valence-electron chi connectivity index (χ2n) is 11.1. The van der Waals surface area contributed by atoms with Crippen LogP contribution in [0.25, 0.3) is 11.3 Å². The topological polar surface area (TPSA) is 118 Å². The summed E-state index contributed by atoms with van der Waals surface area (Å²) < 4.78 is 0. The summed E-state index contributed by atoms with van der Waals surface area (Å²) in [6.07, 6.45) is 9.41. The Hall–Kier alpha value is -3.55. The van der Waals surface area contributed by atoms with Gasteiger partial charge in [-0.3, -0.25) is 4.79 Å². The number of phenols is 1. The molecule has 8 nitrogen and oxygen atoms in total. The molecule has 4 fully saturated rings. The highest BCUT2D eigenvalue weighted by Crippen LogP contribution is 2.78. The highest BCUT2D eigenvalue weighted by Gasteiger charge is 2.77. The SMILES string of the molecule is Nc1nnc(-c2ccccc2O)cc1N1CC2CC3C(C1)C23Cc1ncc(C2CCC(=O)CC2)cn1. The van der Waals surface area contributed by atoms with Crippen LogP contribution >= 0.6 is 0 Å². The molecule has 3 saturated carbocycles. The Morgan fingerprint density at radius 3 is 2.58 bits per heavy atom. The van der Waals surface area contributed by atoms with Gasteiger partial charge in [-0.05, 0) is 72.1 Å². The van der Waals surface area contributed by atoms with Crippen LogP contribution in [0.5, 0.6) is 5.75 Å². The number of nitrogen functional groups attached to an aromatic ring is 1. The summed E-state index contributed by atoms with van der Waals surface area (Å²) in [7, 11) is 0. The second-order valence-corrected chi connectivity index (χ2v) is 11.1. The third kappa shape index (κ3) is 3.30. The maximum absolute atomic E-state index is 11.6. The zero-order chi connectivity index (χ0) is 24.4. The molecule has 8 heteroatoms. The van der Waals surface area contributed by atoms with E-state index in [-0.39, 0.29) is 5.75 Å². The summed E-state index contributed by atoms with van der Waals surface area (Å²) in [4.78, 5) is 23.5. The van der Waals surface area contributed by atoms with Gasteiger partial charge in [0.1, 0.15) is 17.4 Å². The van der Waals surface area contributed by atoms with E-state index >= 15 is 0 Å². The van der Waals surface area contributed by atoms with Crippen LogP contribution in [0.15, 0.2) is 42.7 Å². The highest BCUT2D eigenvalue weighted by molar-refractivity contribution is 5.79. The molecule has 1 aliphatic heterocycles. The maximum Gasteiger partial charge on any atom is 0.169 e. The standard InChI is InChI=1S/C28H30N6O2/c29-27-24(10-23(32-33-27)20-3-1-2-4-25(20)36)34-14-18-9-21-22(15-34)28(18,21)11-26-30-12-17(13-31-26)16-5-7-19(35)8-6-16/h1-4,10,12-13,16,18,21-22,36H,5-9,11,14-15H2,(H2,29,33). The number of benzene rings is 1. The number of carbonyl (C=O) groups is 1. The molecule has 0 amide bonds. The molecule has 3 N–H and O–H groups in total. The first-order chi connectivity index (χ1) is 17.5. The Bertz CT molecular complexity index is 1320. The molecule has 0 spiro atoms. The molecule has 2 aromatic heterocycles. The van der Waals surface area contributed by atoms with Crippen molar-refractivity contribution in [2.24, 2.45) is 23.2 Å². The molecule has 4 aliphatic rings. The minimum atomic E-state index is 0.188. The number of fused-ring (bicyclic) bond motifs is 1. The lowest BCUT2D eigenvalue weighted by Gasteiger charge is -2.43. The van der Waals surface area contributed by atoms with Crippen molar-refractivity contribution < 1.29 is 9.90 Å². The number of ketones is 1. The molecular formula is C28H30N6O2. The van der Waals surface area contributed by atoms with E-state index in [1.54, 1.807) is 12.1 Å². The van der Waals surface area contributed by atoms with Crippen LogP contribution in [0, 0.1) is 23.2 Å². The lowest BCUT2D eigenvalue weighted by molar-refractivity contribution is -0.120. The van der Waals surface area contributed by atoms with Crippen molar-refractivity contribution in [3.8, 4) is 17.0 Å². The maximum atomic E-state index is 11.6. The summed E-state index contributed by atoms with van der Waals surface area (Å²) in [5, 5.41) is 18.7. The summed E-state index contributed by atoms with van der Waals surface area (Å²) in [5.41, 5.74) is 9.98. The van der Waals surface area contributed by atoms with E-state index in [1.165, 1.54) is 12.0 Å². The summed E-state index contributed by atoms with van der Waals surface area (Å²) in [6, 6.07) is 9.14. The second kappa shape index (κ2) is 7.98. The Labute approximate surface area is 210 Å². The van der Waals surface area contributed by atoms with Gasteiger partial charge < -0.3 is 15.7 Å². The van der Waals surface area contributed by atoms with Gasteiger partial charge in [-0.25, -0.2) is 9.97 Å². The molecule has 1 aromatic carbocycles. The van der Waals surface area contributed by atoms with Crippen molar-refractivity contribution in [2.45, 2.75) is 44.4 Å². The van der Waals surface area contributed by atoms with Crippen molar-refractivity contribution in [1.29, 1.82) is 0 Å². The zero-order valence-electron chi connectivity index (χ0n) is 20.2. The van der Waals surface area contributed by atoms with Gasteiger partial charge in [-0.2, -0.15) is 0 Å². The Morgan fingerprint density at radius 2 is 1.83 bits per heavy atom. The van der Waals surface area contributed by atoms with E-state index in [9.17, 15) is 9.90 Å². The molecule has 3 aliphatic carbocycles. The van der Waals surface area contributed by atoms with Gasteiger partial charge in [0.15, 0.2) is 5.82 Å². The van der Waals surface area contributed by atoms with Crippen LogP contribution < -0.4 is 10.6 Å². The van der Waals surface area contributed by atoms with Gasteiger partial charge >= 0.3 is 0 Å². The average molecular weight is 483 g/mol. The first kappa shape index (κ1) is 21.7. The lowest BCUT2D eigenvalue weighted by atomic mass is 9.69. The fraction of sp³-hybridized carbons (Fsp3) is 0.464. The molecule has 1 saturated heterocycles. The summed E-state index contributed by atoms with van der Waals surface area (Å²) in [6.45, 7) is 1.89. The molecule has 4 unspecified atom stereocenters. The fourth-order valence-corrected chi connectivity index (χ4v) is 7.39. The van der Waals surface area contributed by atoms with Gasteiger partial charge in [0.25, 0.3) is 0 Å². The van der Waals surface area contributed by atoms with E-state index in [0.29, 0.717) is 58.9 Å². The number of hydrogen-bond acceptors (Lipinski definition) is 8. The molecule has 7 rings (SSSR count). The van der Waals surface area contributed by atoms with Gasteiger partial charge in [-0.15, -0.1) is 10.2 Å². The Balaban J connectivity index is 1.06. The van der Waals surface area contributed by atoms with E-state index in [2.05, 4.69) is 15.1 Å².